The average molecular weight is 314 g/mol. The molecule has 0 spiro atoms. The predicted molar refractivity (Wildman–Crippen MR) is 89.7 cm³/mol. The van der Waals surface area contributed by atoms with Crippen LogP contribution in [0.3, 0.4) is 0 Å². The Morgan fingerprint density at radius 1 is 1.26 bits per heavy atom. The van der Waals surface area contributed by atoms with Crippen LogP contribution in [0, 0.1) is 0 Å². The van der Waals surface area contributed by atoms with Gasteiger partial charge in [-0.25, -0.2) is 4.68 Å². The second-order valence-electron chi connectivity index (χ2n) is 6.12. The van der Waals surface area contributed by atoms with Gasteiger partial charge < -0.3 is 9.80 Å². The van der Waals surface area contributed by atoms with Gasteiger partial charge in [0.2, 0.25) is 0 Å². The van der Waals surface area contributed by atoms with Crippen molar-refractivity contribution in [2.24, 2.45) is 0 Å². The Morgan fingerprint density at radius 2 is 1.96 bits per heavy atom. The maximum Gasteiger partial charge on any atom is 0.275 e. The van der Waals surface area contributed by atoms with Gasteiger partial charge in [-0.05, 0) is 27.0 Å². The first kappa shape index (κ1) is 15.7. The molecule has 1 atom stereocenters. The van der Waals surface area contributed by atoms with Crippen LogP contribution in [0.15, 0.2) is 29.1 Å². The van der Waals surface area contributed by atoms with Crippen LogP contribution in [-0.4, -0.2) is 58.2 Å². The molecule has 0 N–H and O–H groups in total. The highest BCUT2D eigenvalue weighted by atomic mass is 16.2. The van der Waals surface area contributed by atoms with E-state index in [1.165, 1.54) is 4.68 Å². The zero-order chi connectivity index (χ0) is 16.6. The van der Waals surface area contributed by atoms with Crippen LogP contribution in [0.1, 0.15) is 24.3 Å². The molecule has 1 aliphatic rings. The summed E-state index contributed by atoms with van der Waals surface area (Å²) >= 11 is 0. The van der Waals surface area contributed by atoms with E-state index in [9.17, 15) is 9.59 Å². The van der Waals surface area contributed by atoms with Gasteiger partial charge >= 0.3 is 0 Å². The standard InChI is InChI=1S/C17H22N4O2/c1-4-21-16(22)14-8-6-5-7-13(14)15(18-21)17(23)20-10-9-19(3)11-12(20)2/h5-8,12H,4,9-11H2,1-3H3. The first-order valence-electron chi connectivity index (χ1n) is 8.02. The van der Waals surface area contributed by atoms with Gasteiger partial charge in [-0.2, -0.15) is 5.10 Å². The lowest BCUT2D eigenvalue weighted by Crippen LogP contribution is -2.53. The number of carbonyl (C=O) groups excluding carboxylic acids is 1. The molecular formula is C17H22N4O2. The smallest absolute Gasteiger partial charge is 0.275 e. The highest BCUT2D eigenvalue weighted by molar-refractivity contribution is 6.04. The molecule has 0 bridgehead atoms. The lowest BCUT2D eigenvalue weighted by Gasteiger charge is -2.38. The second-order valence-corrected chi connectivity index (χ2v) is 6.12. The lowest BCUT2D eigenvalue weighted by atomic mass is 10.1. The number of fused-ring (bicyclic) bond motifs is 1. The van der Waals surface area contributed by atoms with Crippen molar-refractivity contribution in [3.63, 3.8) is 0 Å². The summed E-state index contributed by atoms with van der Waals surface area (Å²) in [5, 5.41) is 5.53. The van der Waals surface area contributed by atoms with E-state index in [4.69, 9.17) is 0 Å². The number of benzene rings is 1. The number of piperazine rings is 1. The van der Waals surface area contributed by atoms with Gasteiger partial charge in [-0.1, -0.05) is 18.2 Å². The highest BCUT2D eigenvalue weighted by Crippen LogP contribution is 2.18. The van der Waals surface area contributed by atoms with E-state index in [2.05, 4.69) is 17.0 Å². The Kier molecular flexibility index (Phi) is 4.17. The van der Waals surface area contributed by atoms with Crippen LogP contribution in [0.5, 0.6) is 0 Å². The van der Waals surface area contributed by atoms with E-state index in [-0.39, 0.29) is 17.5 Å². The number of rotatable bonds is 2. The molecule has 2 aromatic rings. The first-order chi connectivity index (χ1) is 11.0. The van der Waals surface area contributed by atoms with Crippen molar-refractivity contribution in [1.82, 2.24) is 19.6 Å². The summed E-state index contributed by atoms with van der Waals surface area (Å²) in [6.07, 6.45) is 0. The summed E-state index contributed by atoms with van der Waals surface area (Å²) in [5.41, 5.74) is 0.226. The summed E-state index contributed by atoms with van der Waals surface area (Å²) in [5.74, 6) is -0.0935. The molecule has 122 valence electrons. The third-order valence-electron chi connectivity index (χ3n) is 4.46. The Balaban J connectivity index is 2.10. The molecule has 1 aromatic carbocycles. The van der Waals surface area contributed by atoms with E-state index in [1.54, 1.807) is 12.1 Å². The number of amides is 1. The maximum absolute atomic E-state index is 13.0. The fraction of sp³-hybridized carbons (Fsp3) is 0.471. The maximum atomic E-state index is 13.0. The van der Waals surface area contributed by atoms with Crippen LogP contribution < -0.4 is 5.56 Å². The fourth-order valence-corrected chi connectivity index (χ4v) is 3.18. The summed E-state index contributed by atoms with van der Waals surface area (Å²) in [7, 11) is 2.06. The zero-order valence-corrected chi connectivity index (χ0v) is 13.8. The van der Waals surface area contributed by atoms with Crippen molar-refractivity contribution in [2.75, 3.05) is 26.7 Å². The van der Waals surface area contributed by atoms with Crippen molar-refractivity contribution in [3.05, 3.63) is 40.3 Å². The molecule has 23 heavy (non-hydrogen) atoms. The summed E-state index contributed by atoms with van der Waals surface area (Å²) in [6.45, 7) is 6.72. The van der Waals surface area contributed by atoms with Crippen molar-refractivity contribution in [2.45, 2.75) is 26.4 Å². The molecule has 1 unspecified atom stereocenters. The molecule has 1 aromatic heterocycles. The topological polar surface area (TPSA) is 58.4 Å². The molecule has 1 amide bonds. The third kappa shape index (κ3) is 2.74. The molecule has 0 saturated carbocycles. The van der Waals surface area contributed by atoms with Gasteiger partial charge in [-0.3, -0.25) is 9.59 Å². The number of likely N-dealkylation sites (N-methyl/N-ethyl adjacent to an activating group) is 1. The van der Waals surface area contributed by atoms with Crippen molar-refractivity contribution >= 4 is 16.7 Å². The second kappa shape index (κ2) is 6.12. The van der Waals surface area contributed by atoms with Crippen LogP contribution in [0.25, 0.3) is 10.8 Å². The van der Waals surface area contributed by atoms with Gasteiger partial charge in [0.25, 0.3) is 11.5 Å². The van der Waals surface area contributed by atoms with E-state index >= 15 is 0 Å². The largest absolute Gasteiger partial charge is 0.332 e. The first-order valence-corrected chi connectivity index (χ1v) is 8.02. The Morgan fingerprint density at radius 3 is 2.61 bits per heavy atom. The van der Waals surface area contributed by atoms with Gasteiger partial charge in [0.15, 0.2) is 5.69 Å². The molecule has 2 heterocycles. The van der Waals surface area contributed by atoms with Gasteiger partial charge in [0.1, 0.15) is 0 Å². The van der Waals surface area contributed by atoms with E-state index < -0.39 is 0 Å². The minimum Gasteiger partial charge on any atom is -0.332 e. The molecule has 1 fully saturated rings. The quantitative estimate of drug-likeness (QED) is 0.835. The monoisotopic (exact) mass is 314 g/mol. The van der Waals surface area contributed by atoms with E-state index in [0.717, 1.165) is 13.1 Å². The molecule has 6 heteroatoms. The zero-order valence-electron chi connectivity index (χ0n) is 13.8. The molecule has 0 radical (unpaired) electrons. The number of hydrogen-bond acceptors (Lipinski definition) is 4. The van der Waals surface area contributed by atoms with E-state index in [1.807, 2.05) is 30.9 Å². The Hall–Kier alpha value is -2.21. The van der Waals surface area contributed by atoms with Crippen LogP contribution in [0.2, 0.25) is 0 Å². The molecule has 6 nitrogen and oxygen atoms in total. The van der Waals surface area contributed by atoms with E-state index in [0.29, 0.717) is 29.6 Å². The lowest BCUT2D eigenvalue weighted by molar-refractivity contribution is 0.0527. The number of hydrogen-bond donors (Lipinski definition) is 0. The Labute approximate surface area is 135 Å². The summed E-state index contributed by atoms with van der Waals surface area (Å²) < 4.78 is 1.37. The normalized spacial score (nSPS) is 19.3. The van der Waals surface area contributed by atoms with Crippen LogP contribution >= 0.6 is 0 Å². The number of carbonyl (C=O) groups is 1. The highest BCUT2D eigenvalue weighted by Gasteiger charge is 2.29. The van der Waals surface area contributed by atoms with Gasteiger partial charge in [0, 0.05) is 37.6 Å². The molecular weight excluding hydrogens is 292 g/mol. The average Bonchev–Trinajstić information content (AvgIpc) is 2.55. The Bertz CT molecular complexity index is 799. The third-order valence-corrected chi connectivity index (χ3v) is 4.46. The van der Waals surface area contributed by atoms with Gasteiger partial charge in [-0.15, -0.1) is 0 Å². The van der Waals surface area contributed by atoms with Crippen LogP contribution in [-0.2, 0) is 6.54 Å². The van der Waals surface area contributed by atoms with Crippen molar-refractivity contribution in [1.29, 1.82) is 0 Å². The molecule has 1 saturated heterocycles. The molecule has 0 aliphatic carbocycles. The van der Waals surface area contributed by atoms with Crippen LogP contribution in [0.4, 0.5) is 0 Å². The molecule has 3 rings (SSSR count). The summed E-state index contributed by atoms with van der Waals surface area (Å²) in [6, 6.07) is 7.34. The number of nitrogens with zero attached hydrogens (tertiary/aromatic N) is 4. The summed E-state index contributed by atoms with van der Waals surface area (Å²) in [4.78, 5) is 29.5. The minimum atomic E-state index is -0.147. The predicted octanol–water partition coefficient (Wildman–Crippen LogP) is 1.19. The van der Waals surface area contributed by atoms with Crippen molar-refractivity contribution < 1.29 is 4.79 Å². The number of aryl methyl sites for hydroxylation is 1. The van der Waals surface area contributed by atoms with Crippen molar-refractivity contribution in [3.8, 4) is 0 Å². The molecule has 1 aliphatic heterocycles. The number of aromatic nitrogens is 2. The van der Waals surface area contributed by atoms with Gasteiger partial charge in [0.05, 0.1) is 5.39 Å². The fourth-order valence-electron chi connectivity index (χ4n) is 3.18. The minimum absolute atomic E-state index is 0.0935. The SMILES string of the molecule is CCn1nc(C(=O)N2CCN(C)CC2C)c2ccccc2c1=O.